The van der Waals surface area contributed by atoms with Crippen LogP contribution in [0, 0.1) is 0 Å². The summed E-state index contributed by atoms with van der Waals surface area (Å²) in [7, 11) is -3.40. The fraction of sp³-hybridized carbons (Fsp3) is 0.538. The van der Waals surface area contributed by atoms with Gasteiger partial charge in [0.1, 0.15) is 0 Å². The fourth-order valence-electron chi connectivity index (χ4n) is 2.14. The van der Waals surface area contributed by atoms with E-state index in [1.807, 2.05) is 19.1 Å². The molecule has 1 aromatic rings. The first-order valence-electron chi connectivity index (χ1n) is 6.30. The van der Waals surface area contributed by atoms with Crippen molar-refractivity contribution in [2.75, 3.05) is 25.1 Å². The van der Waals surface area contributed by atoms with Crippen LogP contribution in [0.15, 0.2) is 29.2 Å². The third-order valence-corrected chi connectivity index (χ3v) is 5.64. The number of ether oxygens (including phenoxy) is 1. The van der Waals surface area contributed by atoms with E-state index in [0.29, 0.717) is 24.7 Å². The molecule has 0 spiro atoms. The van der Waals surface area contributed by atoms with Crippen molar-refractivity contribution in [1.82, 2.24) is 4.31 Å². The molecule has 0 N–H and O–H groups in total. The normalized spacial score (nSPS) is 21.5. The lowest BCUT2D eigenvalue weighted by molar-refractivity contribution is 0.0393. The first kappa shape index (κ1) is 15.0. The van der Waals surface area contributed by atoms with Crippen LogP contribution in [0.1, 0.15) is 12.5 Å². The Labute approximate surface area is 122 Å². The van der Waals surface area contributed by atoms with E-state index in [2.05, 4.69) is 15.9 Å². The van der Waals surface area contributed by atoms with E-state index in [-0.39, 0.29) is 6.04 Å². The molecule has 0 aliphatic carbocycles. The summed E-state index contributed by atoms with van der Waals surface area (Å²) in [5.41, 5.74) is 1.13. The standard InChI is InChI=1S/C13H18BrNO3S/c1-11-10-18-9-8-15(11)19(16,17)13-4-2-12(3-5-13)6-7-14/h2-5,11H,6-10H2,1H3. The van der Waals surface area contributed by atoms with Crippen molar-refractivity contribution in [3.05, 3.63) is 29.8 Å². The van der Waals surface area contributed by atoms with Gasteiger partial charge in [0, 0.05) is 17.9 Å². The van der Waals surface area contributed by atoms with Gasteiger partial charge in [0.15, 0.2) is 0 Å². The molecule has 1 fully saturated rings. The van der Waals surface area contributed by atoms with Gasteiger partial charge in [-0.15, -0.1) is 0 Å². The van der Waals surface area contributed by atoms with Crippen molar-refractivity contribution in [3.63, 3.8) is 0 Å². The molecule has 0 amide bonds. The molecule has 4 nitrogen and oxygen atoms in total. The molecule has 1 aliphatic rings. The molecule has 1 heterocycles. The second kappa shape index (κ2) is 6.35. The first-order chi connectivity index (χ1) is 9.05. The summed E-state index contributed by atoms with van der Waals surface area (Å²) in [6.07, 6.45) is 0.897. The Bertz CT molecular complexity index is 515. The quantitative estimate of drug-likeness (QED) is 0.783. The zero-order valence-electron chi connectivity index (χ0n) is 10.9. The predicted molar refractivity (Wildman–Crippen MR) is 78.1 cm³/mol. The molecule has 19 heavy (non-hydrogen) atoms. The number of morpholine rings is 1. The van der Waals surface area contributed by atoms with Crippen molar-refractivity contribution >= 4 is 26.0 Å². The summed E-state index contributed by atoms with van der Waals surface area (Å²) in [4.78, 5) is 0.361. The van der Waals surface area contributed by atoms with Crippen LogP contribution in [0.3, 0.4) is 0 Å². The average Bonchev–Trinajstić information content (AvgIpc) is 2.40. The number of sulfonamides is 1. The van der Waals surface area contributed by atoms with Crippen LogP contribution >= 0.6 is 15.9 Å². The van der Waals surface area contributed by atoms with Gasteiger partial charge in [-0.3, -0.25) is 0 Å². The van der Waals surface area contributed by atoms with Crippen LogP contribution in [-0.2, 0) is 21.2 Å². The molecular formula is C13H18BrNO3S. The zero-order chi connectivity index (χ0) is 13.9. The molecule has 1 unspecified atom stereocenters. The van der Waals surface area contributed by atoms with Gasteiger partial charge in [0.2, 0.25) is 10.0 Å². The summed E-state index contributed by atoms with van der Waals surface area (Å²) in [5, 5.41) is 0.875. The maximum atomic E-state index is 12.5. The second-order valence-electron chi connectivity index (χ2n) is 4.62. The van der Waals surface area contributed by atoms with Gasteiger partial charge in [-0.1, -0.05) is 28.1 Å². The summed E-state index contributed by atoms with van der Waals surface area (Å²) >= 11 is 3.37. The van der Waals surface area contributed by atoms with E-state index >= 15 is 0 Å². The summed E-state index contributed by atoms with van der Waals surface area (Å²) in [5.74, 6) is 0. The number of benzene rings is 1. The summed E-state index contributed by atoms with van der Waals surface area (Å²) < 4.78 is 31.9. The van der Waals surface area contributed by atoms with Gasteiger partial charge < -0.3 is 4.74 Å². The first-order valence-corrected chi connectivity index (χ1v) is 8.86. The largest absolute Gasteiger partial charge is 0.378 e. The van der Waals surface area contributed by atoms with Crippen molar-refractivity contribution < 1.29 is 13.2 Å². The minimum atomic E-state index is -3.40. The Balaban J connectivity index is 2.23. The number of aryl methyl sites for hydroxylation is 1. The van der Waals surface area contributed by atoms with Gasteiger partial charge in [-0.05, 0) is 31.0 Å². The zero-order valence-corrected chi connectivity index (χ0v) is 13.3. The number of halogens is 1. The van der Waals surface area contributed by atoms with Gasteiger partial charge >= 0.3 is 0 Å². The maximum Gasteiger partial charge on any atom is 0.243 e. The third-order valence-electron chi connectivity index (χ3n) is 3.22. The van der Waals surface area contributed by atoms with Crippen LogP contribution < -0.4 is 0 Å². The molecule has 0 radical (unpaired) electrons. The molecule has 2 rings (SSSR count). The molecule has 1 saturated heterocycles. The Hall–Kier alpha value is -0.430. The highest BCUT2D eigenvalue weighted by atomic mass is 79.9. The number of alkyl halides is 1. The molecular weight excluding hydrogens is 330 g/mol. The predicted octanol–water partition coefficient (Wildman–Crippen LogP) is 2.03. The van der Waals surface area contributed by atoms with Gasteiger partial charge in [0.05, 0.1) is 18.1 Å². The Kier molecular flexibility index (Phi) is 5.00. The fourth-order valence-corrected chi connectivity index (χ4v) is 4.20. The summed E-state index contributed by atoms with van der Waals surface area (Å²) in [6, 6.07) is 7.02. The van der Waals surface area contributed by atoms with Crippen molar-refractivity contribution in [2.24, 2.45) is 0 Å². The van der Waals surface area contributed by atoms with Crippen LogP contribution in [0.5, 0.6) is 0 Å². The van der Waals surface area contributed by atoms with Gasteiger partial charge in [0.25, 0.3) is 0 Å². The number of rotatable bonds is 4. The number of hydrogen-bond donors (Lipinski definition) is 0. The molecule has 0 saturated carbocycles. The van der Waals surface area contributed by atoms with Gasteiger partial charge in [-0.2, -0.15) is 4.31 Å². The van der Waals surface area contributed by atoms with Crippen LogP contribution in [-0.4, -0.2) is 43.9 Å². The monoisotopic (exact) mass is 347 g/mol. The topological polar surface area (TPSA) is 46.6 Å². The van der Waals surface area contributed by atoms with Crippen LogP contribution in [0.2, 0.25) is 0 Å². The van der Waals surface area contributed by atoms with Crippen molar-refractivity contribution in [3.8, 4) is 0 Å². The van der Waals surface area contributed by atoms with E-state index in [1.54, 1.807) is 12.1 Å². The van der Waals surface area contributed by atoms with Crippen molar-refractivity contribution in [2.45, 2.75) is 24.3 Å². The van der Waals surface area contributed by atoms with E-state index in [1.165, 1.54) is 4.31 Å². The average molecular weight is 348 g/mol. The maximum absolute atomic E-state index is 12.5. The highest BCUT2D eigenvalue weighted by molar-refractivity contribution is 9.09. The lowest BCUT2D eigenvalue weighted by atomic mass is 10.2. The van der Waals surface area contributed by atoms with Crippen LogP contribution in [0.25, 0.3) is 0 Å². The SMILES string of the molecule is CC1COCCN1S(=O)(=O)c1ccc(CCBr)cc1. The van der Waals surface area contributed by atoms with E-state index in [0.717, 1.165) is 17.3 Å². The Morgan fingerprint density at radius 3 is 2.63 bits per heavy atom. The molecule has 0 aromatic heterocycles. The molecule has 1 aliphatic heterocycles. The third kappa shape index (κ3) is 3.37. The minimum absolute atomic E-state index is 0.110. The highest BCUT2D eigenvalue weighted by Gasteiger charge is 2.31. The smallest absolute Gasteiger partial charge is 0.243 e. The minimum Gasteiger partial charge on any atom is -0.378 e. The Morgan fingerprint density at radius 1 is 1.37 bits per heavy atom. The van der Waals surface area contributed by atoms with E-state index < -0.39 is 10.0 Å². The van der Waals surface area contributed by atoms with Crippen molar-refractivity contribution in [1.29, 1.82) is 0 Å². The lowest BCUT2D eigenvalue weighted by Gasteiger charge is -2.32. The number of nitrogens with zero attached hydrogens (tertiary/aromatic N) is 1. The van der Waals surface area contributed by atoms with Gasteiger partial charge in [-0.25, -0.2) is 8.42 Å². The highest BCUT2D eigenvalue weighted by Crippen LogP contribution is 2.21. The summed E-state index contributed by atoms with van der Waals surface area (Å²) in [6.45, 7) is 3.22. The molecule has 1 atom stereocenters. The van der Waals surface area contributed by atoms with E-state index in [4.69, 9.17) is 4.74 Å². The van der Waals surface area contributed by atoms with E-state index in [9.17, 15) is 8.42 Å². The molecule has 6 heteroatoms. The number of hydrogen-bond acceptors (Lipinski definition) is 3. The lowest BCUT2D eigenvalue weighted by Crippen LogP contribution is -2.46. The molecule has 0 bridgehead atoms. The van der Waals surface area contributed by atoms with Crippen LogP contribution in [0.4, 0.5) is 0 Å². The Morgan fingerprint density at radius 2 is 2.05 bits per heavy atom. The second-order valence-corrected chi connectivity index (χ2v) is 7.31. The molecule has 106 valence electrons. The molecule has 1 aromatic carbocycles.